The highest BCUT2D eigenvalue weighted by atomic mass is 16.5. The van der Waals surface area contributed by atoms with Gasteiger partial charge in [-0.2, -0.15) is 0 Å². The molecule has 0 bridgehead atoms. The average molecular weight is 362 g/mol. The first-order valence-corrected chi connectivity index (χ1v) is 8.21. The van der Waals surface area contributed by atoms with Crippen molar-refractivity contribution in [3.63, 3.8) is 0 Å². The quantitative estimate of drug-likeness (QED) is 0.726. The Kier molecular flexibility index (Phi) is 5.41. The molecule has 2 aromatic carbocycles. The van der Waals surface area contributed by atoms with E-state index in [-0.39, 0.29) is 11.6 Å². The van der Waals surface area contributed by atoms with E-state index in [9.17, 15) is 9.59 Å². The first-order chi connectivity index (χ1) is 13.1. The maximum atomic E-state index is 12.6. The number of ether oxygens (including phenoxy) is 1. The number of carbonyl (C=O) groups is 2. The largest absolute Gasteiger partial charge is 0.495 e. The van der Waals surface area contributed by atoms with Crippen molar-refractivity contribution in [1.82, 2.24) is 9.97 Å². The lowest BCUT2D eigenvalue weighted by Gasteiger charge is -2.12. The lowest BCUT2D eigenvalue weighted by molar-refractivity contribution is -0.114. The summed E-state index contributed by atoms with van der Waals surface area (Å²) in [5.74, 6) is -0.179. The minimum Gasteiger partial charge on any atom is -0.495 e. The first-order valence-electron chi connectivity index (χ1n) is 8.21. The van der Waals surface area contributed by atoms with Crippen LogP contribution in [0.2, 0.25) is 0 Å². The second-order valence-electron chi connectivity index (χ2n) is 5.71. The van der Waals surface area contributed by atoms with Crippen molar-refractivity contribution in [2.24, 2.45) is 0 Å². The molecule has 0 spiro atoms. The van der Waals surface area contributed by atoms with Gasteiger partial charge in [0.2, 0.25) is 5.91 Å². The lowest BCUT2D eigenvalue weighted by Crippen LogP contribution is -2.15. The van der Waals surface area contributed by atoms with Gasteiger partial charge >= 0.3 is 0 Å². The van der Waals surface area contributed by atoms with E-state index in [4.69, 9.17) is 4.74 Å². The van der Waals surface area contributed by atoms with Crippen LogP contribution < -0.4 is 15.4 Å². The number of nitrogens with zero attached hydrogens (tertiary/aromatic N) is 2. The van der Waals surface area contributed by atoms with Gasteiger partial charge in [0, 0.05) is 18.2 Å². The van der Waals surface area contributed by atoms with Crippen LogP contribution in [0.15, 0.2) is 60.9 Å². The van der Waals surface area contributed by atoms with E-state index < -0.39 is 5.91 Å². The monoisotopic (exact) mass is 362 g/mol. The summed E-state index contributed by atoms with van der Waals surface area (Å²) in [7, 11) is 1.50. The zero-order valence-electron chi connectivity index (χ0n) is 14.9. The van der Waals surface area contributed by atoms with Gasteiger partial charge in [-0.05, 0) is 18.2 Å². The molecule has 2 N–H and O–H groups in total. The van der Waals surface area contributed by atoms with E-state index in [0.29, 0.717) is 22.8 Å². The fraction of sp³-hybridized carbons (Fsp3) is 0.100. The zero-order valence-corrected chi connectivity index (χ0v) is 14.9. The summed E-state index contributed by atoms with van der Waals surface area (Å²) >= 11 is 0. The number of hydrogen-bond acceptors (Lipinski definition) is 5. The van der Waals surface area contributed by atoms with E-state index in [1.54, 1.807) is 24.4 Å². The SMILES string of the molecule is COc1ccc(NC(C)=O)cc1NC(=O)c1cncc(-c2ccccc2)n1. The van der Waals surface area contributed by atoms with Crippen LogP contribution in [0.25, 0.3) is 11.3 Å². The predicted molar refractivity (Wildman–Crippen MR) is 103 cm³/mol. The number of carbonyl (C=O) groups excluding carboxylic acids is 2. The maximum absolute atomic E-state index is 12.6. The molecule has 2 amide bonds. The number of methoxy groups -OCH3 is 1. The third-order valence-corrected chi connectivity index (χ3v) is 3.70. The molecule has 0 aliphatic heterocycles. The van der Waals surface area contributed by atoms with Crippen molar-refractivity contribution in [2.45, 2.75) is 6.92 Å². The highest BCUT2D eigenvalue weighted by molar-refractivity contribution is 6.04. The van der Waals surface area contributed by atoms with Crippen molar-refractivity contribution in [3.05, 3.63) is 66.6 Å². The summed E-state index contributed by atoms with van der Waals surface area (Å²) in [5, 5.41) is 5.42. The number of amides is 2. The van der Waals surface area contributed by atoms with Gasteiger partial charge in [0.15, 0.2) is 0 Å². The Hall–Kier alpha value is -3.74. The van der Waals surface area contributed by atoms with Gasteiger partial charge in [-0.15, -0.1) is 0 Å². The molecule has 7 heteroatoms. The third kappa shape index (κ3) is 4.46. The molecule has 0 atom stereocenters. The number of benzene rings is 2. The molecule has 0 fully saturated rings. The number of nitrogens with one attached hydrogen (secondary N) is 2. The van der Waals surface area contributed by atoms with Gasteiger partial charge in [-0.1, -0.05) is 30.3 Å². The minimum atomic E-state index is -0.432. The molecule has 7 nitrogen and oxygen atoms in total. The van der Waals surface area contributed by atoms with Crippen LogP contribution in [-0.4, -0.2) is 28.9 Å². The number of anilines is 2. The Bertz CT molecular complexity index is 974. The van der Waals surface area contributed by atoms with Crippen LogP contribution in [0, 0.1) is 0 Å². The van der Waals surface area contributed by atoms with Gasteiger partial charge in [0.1, 0.15) is 11.4 Å². The molecule has 3 aromatic rings. The fourth-order valence-corrected chi connectivity index (χ4v) is 2.50. The van der Waals surface area contributed by atoms with Crippen LogP contribution in [0.1, 0.15) is 17.4 Å². The molecule has 0 aliphatic rings. The molecule has 136 valence electrons. The molecule has 3 rings (SSSR count). The molecular weight excluding hydrogens is 344 g/mol. The molecule has 0 saturated carbocycles. The number of hydrogen-bond donors (Lipinski definition) is 2. The fourth-order valence-electron chi connectivity index (χ4n) is 2.50. The summed E-state index contributed by atoms with van der Waals surface area (Å²) in [6.07, 6.45) is 3.00. The molecule has 0 saturated heterocycles. The van der Waals surface area contributed by atoms with Crippen LogP contribution in [0.4, 0.5) is 11.4 Å². The highest BCUT2D eigenvalue weighted by Crippen LogP contribution is 2.28. The van der Waals surface area contributed by atoms with E-state index in [1.807, 2.05) is 30.3 Å². The normalized spacial score (nSPS) is 10.1. The summed E-state index contributed by atoms with van der Waals surface area (Å²) in [5.41, 5.74) is 2.60. The number of aromatic nitrogens is 2. The summed E-state index contributed by atoms with van der Waals surface area (Å²) < 4.78 is 5.27. The van der Waals surface area contributed by atoms with Gasteiger partial charge in [-0.25, -0.2) is 4.98 Å². The van der Waals surface area contributed by atoms with Gasteiger partial charge < -0.3 is 15.4 Å². The Morgan fingerprint density at radius 2 is 1.78 bits per heavy atom. The van der Waals surface area contributed by atoms with Crippen molar-refractivity contribution < 1.29 is 14.3 Å². The van der Waals surface area contributed by atoms with Crippen molar-refractivity contribution in [3.8, 4) is 17.0 Å². The second-order valence-corrected chi connectivity index (χ2v) is 5.71. The Labute approximate surface area is 156 Å². The van der Waals surface area contributed by atoms with Gasteiger partial charge in [0.05, 0.1) is 30.9 Å². The predicted octanol–water partition coefficient (Wildman–Crippen LogP) is 3.36. The summed E-state index contributed by atoms with van der Waals surface area (Å²) in [6.45, 7) is 1.41. The third-order valence-electron chi connectivity index (χ3n) is 3.70. The van der Waals surface area contributed by atoms with Gasteiger partial charge in [-0.3, -0.25) is 14.6 Å². The summed E-state index contributed by atoms with van der Waals surface area (Å²) in [4.78, 5) is 32.4. The van der Waals surface area contributed by atoms with Crippen LogP contribution in [0.5, 0.6) is 5.75 Å². The van der Waals surface area contributed by atoms with Crippen molar-refractivity contribution in [1.29, 1.82) is 0 Å². The molecular formula is C20H18N4O3. The van der Waals surface area contributed by atoms with Crippen LogP contribution >= 0.6 is 0 Å². The molecule has 1 heterocycles. The molecule has 27 heavy (non-hydrogen) atoms. The Balaban J connectivity index is 1.86. The lowest BCUT2D eigenvalue weighted by atomic mass is 10.1. The topological polar surface area (TPSA) is 93.2 Å². The van der Waals surface area contributed by atoms with E-state index in [2.05, 4.69) is 20.6 Å². The molecule has 1 aromatic heterocycles. The molecule has 0 aliphatic carbocycles. The van der Waals surface area contributed by atoms with E-state index in [1.165, 1.54) is 20.2 Å². The van der Waals surface area contributed by atoms with Crippen molar-refractivity contribution >= 4 is 23.2 Å². The van der Waals surface area contributed by atoms with Crippen LogP contribution in [0.3, 0.4) is 0 Å². The first kappa shape index (κ1) is 18.1. The minimum absolute atomic E-state index is 0.170. The van der Waals surface area contributed by atoms with E-state index >= 15 is 0 Å². The highest BCUT2D eigenvalue weighted by Gasteiger charge is 2.14. The Morgan fingerprint density at radius 3 is 2.48 bits per heavy atom. The molecule has 0 radical (unpaired) electrons. The summed E-state index contributed by atoms with van der Waals surface area (Å²) in [6, 6.07) is 14.4. The Morgan fingerprint density at radius 1 is 1.00 bits per heavy atom. The zero-order chi connectivity index (χ0) is 19.2. The maximum Gasteiger partial charge on any atom is 0.275 e. The molecule has 0 unspecified atom stereocenters. The average Bonchev–Trinajstić information content (AvgIpc) is 2.68. The smallest absolute Gasteiger partial charge is 0.275 e. The van der Waals surface area contributed by atoms with Crippen LogP contribution in [-0.2, 0) is 4.79 Å². The second kappa shape index (κ2) is 8.09. The van der Waals surface area contributed by atoms with Gasteiger partial charge in [0.25, 0.3) is 5.91 Å². The van der Waals surface area contributed by atoms with E-state index in [0.717, 1.165) is 5.56 Å². The standard InChI is InChI=1S/C20H18N4O3/c1-13(25)22-15-8-9-19(27-2)16(10-15)24-20(26)18-12-21-11-17(23-18)14-6-4-3-5-7-14/h3-12H,1-2H3,(H,22,25)(H,24,26). The number of rotatable bonds is 5. The van der Waals surface area contributed by atoms with Crippen molar-refractivity contribution in [2.75, 3.05) is 17.7 Å².